The van der Waals surface area contributed by atoms with E-state index in [1.807, 2.05) is 18.2 Å². The third-order valence-electron chi connectivity index (χ3n) is 9.84. The summed E-state index contributed by atoms with van der Waals surface area (Å²) < 4.78 is 48.0. The van der Waals surface area contributed by atoms with Gasteiger partial charge >= 0.3 is 11.0 Å². The highest BCUT2D eigenvalue weighted by Gasteiger charge is 2.70. The van der Waals surface area contributed by atoms with Gasteiger partial charge in [-0.3, -0.25) is 19.2 Å². The summed E-state index contributed by atoms with van der Waals surface area (Å²) in [5, 5.41) is 3.31. The lowest BCUT2D eigenvalue weighted by molar-refractivity contribution is -0.137. The number of alkyl halides is 3. The fourth-order valence-corrected chi connectivity index (χ4v) is 11.1. The largest absolute Gasteiger partial charge is 0.483 e. The lowest BCUT2D eigenvalue weighted by Gasteiger charge is -2.43. The molecule has 3 fully saturated rings. The zero-order chi connectivity index (χ0) is 32.6. The van der Waals surface area contributed by atoms with Gasteiger partial charge in [-0.2, -0.15) is 13.2 Å². The number of anilines is 2. The predicted molar refractivity (Wildman–Crippen MR) is 169 cm³/mol. The van der Waals surface area contributed by atoms with Gasteiger partial charge in [0.1, 0.15) is 5.75 Å². The Labute approximate surface area is 274 Å². The van der Waals surface area contributed by atoms with Crippen LogP contribution in [0.5, 0.6) is 5.75 Å². The van der Waals surface area contributed by atoms with Crippen LogP contribution in [-0.4, -0.2) is 34.6 Å². The SMILES string of the molecule is O=C(COc1ccccc1[C@H]1c2sc(=O)[nH]c2SC2C3CC(C4C(=O)N(c5ccccc5C(F)(F)F)C(=O)C34)C21)Nc1ccccc1. The molecule has 4 aliphatic rings. The molecule has 1 saturated heterocycles. The molecule has 2 aliphatic heterocycles. The number of hydrogen-bond acceptors (Lipinski definition) is 7. The number of carbonyl (C=O) groups is 3. The van der Waals surface area contributed by atoms with Gasteiger partial charge in [-0.15, -0.1) is 11.8 Å². The summed E-state index contributed by atoms with van der Waals surface area (Å²) in [6.45, 7) is -0.269. The molecular formula is C34H26F3N3O5S2. The molecule has 0 radical (unpaired) electrons. The highest BCUT2D eigenvalue weighted by atomic mass is 32.2. The van der Waals surface area contributed by atoms with E-state index in [-0.39, 0.29) is 40.4 Å². The lowest BCUT2D eigenvalue weighted by atomic mass is 9.68. The van der Waals surface area contributed by atoms with Gasteiger partial charge in [0.05, 0.1) is 28.1 Å². The van der Waals surface area contributed by atoms with Crippen molar-refractivity contribution in [1.29, 1.82) is 0 Å². The zero-order valence-corrected chi connectivity index (χ0v) is 26.0. The van der Waals surface area contributed by atoms with E-state index in [0.717, 1.165) is 32.7 Å². The molecular weight excluding hydrogens is 652 g/mol. The molecule has 4 aromatic rings. The van der Waals surface area contributed by atoms with Crippen LogP contribution in [0.2, 0.25) is 0 Å². The average Bonchev–Trinajstić information content (AvgIpc) is 3.79. The minimum atomic E-state index is -4.75. The van der Waals surface area contributed by atoms with Crippen LogP contribution in [0.3, 0.4) is 0 Å². The number of hydrogen-bond donors (Lipinski definition) is 2. The van der Waals surface area contributed by atoms with Gasteiger partial charge in [0.25, 0.3) is 5.91 Å². The molecule has 2 N–H and O–H groups in total. The van der Waals surface area contributed by atoms with E-state index >= 15 is 0 Å². The van der Waals surface area contributed by atoms with E-state index in [1.165, 1.54) is 30.0 Å². The van der Waals surface area contributed by atoms with Crippen LogP contribution in [0, 0.1) is 29.6 Å². The van der Waals surface area contributed by atoms with Gasteiger partial charge in [0.2, 0.25) is 11.8 Å². The normalized spacial score (nSPS) is 27.4. The van der Waals surface area contributed by atoms with Gasteiger partial charge in [0, 0.05) is 27.3 Å². The first-order valence-electron chi connectivity index (χ1n) is 15.1. The number of thioether (sulfide) groups is 1. The summed E-state index contributed by atoms with van der Waals surface area (Å²) in [6.07, 6.45) is -4.17. The van der Waals surface area contributed by atoms with E-state index in [4.69, 9.17) is 4.74 Å². The number of ether oxygens (including phenoxy) is 1. The van der Waals surface area contributed by atoms with Gasteiger partial charge in [-0.25, -0.2) is 4.90 Å². The van der Waals surface area contributed by atoms with Crippen LogP contribution >= 0.6 is 23.1 Å². The summed E-state index contributed by atoms with van der Waals surface area (Å²) in [7, 11) is 0. The molecule has 3 heterocycles. The number of nitrogens with zero attached hydrogens (tertiary/aromatic N) is 1. The number of carbonyl (C=O) groups excluding carboxylic acids is 3. The molecule has 2 bridgehead atoms. The number of para-hydroxylation sites is 3. The Morgan fingerprint density at radius 2 is 1.60 bits per heavy atom. The molecule has 8 nitrogen and oxygen atoms in total. The number of aromatic nitrogens is 1. The first-order chi connectivity index (χ1) is 22.6. The van der Waals surface area contributed by atoms with Crippen molar-refractivity contribution in [2.45, 2.75) is 28.8 Å². The summed E-state index contributed by atoms with van der Waals surface area (Å²) in [5.41, 5.74) is -0.0952. The van der Waals surface area contributed by atoms with Crippen molar-refractivity contribution in [2.75, 3.05) is 16.8 Å². The number of rotatable bonds is 6. The molecule has 13 heteroatoms. The Kier molecular flexibility index (Phi) is 7.10. The van der Waals surface area contributed by atoms with Crippen molar-refractivity contribution in [3.63, 3.8) is 0 Å². The Hall–Kier alpha value is -4.36. The van der Waals surface area contributed by atoms with E-state index in [1.54, 1.807) is 36.4 Å². The van der Waals surface area contributed by atoms with E-state index in [2.05, 4.69) is 10.3 Å². The molecule has 47 heavy (non-hydrogen) atoms. The van der Waals surface area contributed by atoms with Crippen molar-refractivity contribution >= 4 is 52.2 Å². The maximum Gasteiger partial charge on any atom is 0.418 e. The van der Waals surface area contributed by atoms with Gasteiger partial charge in [-0.05, 0) is 54.5 Å². The summed E-state index contributed by atoms with van der Waals surface area (Å²) >= 11 is 2.56. The molecule has 3 aromatic carbocycles. The van der Waals surface area contributed by atoms with Crippen LogP contribution in [0.15, 0.2) is 88.7 Å². The number of H-pyrrole nitrogens is 1. The van der Waals surface area contributed by atoms with Crippen LogP contribution in [-0.2, 0) is 20.6 Å². The minimum absolute atomic E-state index is 0.173. The number of nitrogens with one attached hydrogen (secondary N) is 2. The smallest absolute Gasteiger partial charge is 0.418 e. The van der Waals surface area contributed by atoms with Gasteiger partial charge in [-0.1, -0.05) is 59.9 Å². The second-order valence-corrected chi connectivity index (χ2v) is 14.4. The number of thiazole rings is 1. The molecule has 2 aliphatic carbocycles. The zero-order valence-electron chi connectivity index (χ0n) is 24.4. The Balaban J connectivity index is 1.14. The third kappa shape index (κ3) is 4.81. The first-order valence-corrected chi connectivity index (χ1v) is 16.8. The summed E-state index contributed by atoms with van der Waals surface area (Å²) in [4.78, 5) is 57.6. The average molecular weight is 678 g/mol. The standard InChI is InChI=1S/C34H26F3N3O5S2/c35-34(36,37)20-11-5-6-12-21(20)40-31(42)26-18-14-19(27(26)32(40)43)28-25(18)24(29-30(46-28)39-33(44)47-29)17-10-4-7-13-22(17)45-15-23(41)38-16-8-2-1-3-9-16/h1-13,18-19,24-28H,14-15H2,(H,38,41)(H,39,44)/t18?,19?,24-,25?,26?,27?,28?/m1/s1. The fraction of sp³-hybridized carbons (Fsp3) is 0.294. The van der Waals surface area contributed by atoms with E-state index in [9.17, 15) is 32.3 Å². The van der Waals surface area contributed by atoms with Crippen molar-refractivity contribution in [2.24, 2.45) is 29.6 Å². The Morgan fingerprint density at radius 3 is 2.36 bits per heavy atom. The number of fused-ring (bicyclic) bond motifs is 9. The Bertz CT molecular complexity index is 1980. The third-order valence-corrected chi connectivity index (χ3v) is 12.4. The minimum Gasteiger partial charge on any atom is -0.483 e. The second kappa shape index (κ2) is 11.1. The second-order valence-electron chi connectivity index (χ2n) is 12.2. The number of imide groups is 1. The highest BCUT2D eigenvalue weighted by Crippen LogP contribution is 2.69. The number of benzene rings is 3. The lowest BCUT2D eigenvalue weighted by Crippen LogP contribution is -2.42. The molecule has 3 amide bonds. The topological polar surface area (TPSA) is 109 Å². The first kappa shape index (κ1) is 30.0. The quantitative estimate of drug-likeness (QED) is 0.237. The molecule has 2 saturated carbocycles. The van der Waals surface area contributed by atoms with E-state index in [0.29, 0.717) is 22.9 Å². The number of halogens is 3. The van der Waals surface area contributed by atoms with Crippen molar-refractivity contribution in [3.05, 3.63) is 105 Å². The van der Waals surface area contributed by atoms with Crippen LogP contribution in [0.25, 0.3) is 0 Å². The molecule has 6 unspecified atom stereocenters. The van der Waals surface area contributed by atoms with Crippen molar-refractivity contribution in [3.8, 4) is 5.75 Å². The van der Waals surface area contributed by atoms with Crippen molar-refractivity contribution < 1.29 is 32.3 Å². The maximum absolute atomic E-state index is 14.0. The molecule has 240 valence electrons. The monoisotopic (exact) mass is 677 g/mol. The van der Waals surface area contributed by atoms with Crippen LogP contribution in [0.4, 0.5) is 24.5 Å². The number of aromatic amines is 1. The van der Waals surface area contributed by atoms with Gasteiger partial charge in [0.15, 0.2) is 6.61 Å². The van der Waals surface area contributed by atoms with Crippen LogP contribution < -0.4 is 19.8 Å². The Morgan fingerprint density at radius 1 is 0.915 bits per heavy atom. The molecule has 0 spiro atoms. The fourth-order valence-electron chi connectivity index (χ4n) is 8.24. The summed E-state index contributed by atoms with van der Waals surface area (Å²) in [6, 6.07) is 20.9. The molecule has 8 rings (SSSR count). The predicted octanol–water partition coefficient (Wildman–Crippen LogP) is 6.15. The van der Waals surface area contributed by atoms with Gasteiger partial charge < -0.3 is 15.0 Å². The van der Waals surface area contributed by atoms with Crippen LogP contribution in [0.1, 0.15) is 28.3 Å². The summed E-state index contributed by atoms with van der Waals surface area (Å²) in [5.74, 6) is -3.83. The molecule has 7 atom stereocenters. The highest BCUT2D eigenvalue weighted by molar-refractivity contribution is 8.00. The maximum atomic E-state index is 14.0. The van der Waals surface area contributed by atoms with E-state index < -0.39 is 47.0 Å². The number of amides is 3. The molecule has 1 aromatic heterocycles. The van der Waals surface area contributed by atoms with Crippen molar-refractivity contribution in [1.82, 2.24) is 4.98 Å².